The minimum absolute atomic E-state index is 0.477. The van der Waals surface area contributed by atoms with E-state index in [1.54, 1.807) is 12.1 Å². The van der Waals surface area contributed by atoms with Crippen LogP contribution in [-0.4, -0.2) is 10.2 Å². The summed E-state index contributed by atoms with van der Waals surface area (Å²) in [4.78, 5) is 2.12. The number of nitrogens with zero attached hydrogens (tertiary/aromatic N) is 1. The van der Waals surface area contributed by atoms with Crippen molar-refractivity contribution >= 4 is 17.1 Å². The van der Waals surface area contributed by atoms with E-state index in [9.17, 15) is 10.2 Å². The maximum atomic E-state index is 9.23. The number of anilines is 3. The Hall–Kier alpha value is -2.62. The highest BCUT2D eigenvalue weighted by Crippen LogP contribution is 2.34. The Morgan fingerprint density at radius 2 is 0.955 bits per heavy atom. The van der Waals surface area contributed by atoms with Crippen molar-refractivity contribution in [3.05, 3.63) is 90.5 Å². The van der Waals surface area contributed by atoms with E-state index in [0.717, 1.165) is 17.1 Å². The van der Waals surface area contributed by atoms with Gasteiger partial charge in [-0.3, -0.25) is 0 Å². The molecule has 0 atom stereocenters. The molecule has 3 aromatic rings. The highest BCUT2D eigenvalue weighted by Gasteiger charge is 2.12. The molecular weight excluding hydrogens is 274 g/mol. The Morgan fingerprint density at radius 3 is 1.36 bits per heavy atom. The standard InChI is InChI=1S/C19H17NO2/c21-19(22)15-11-13-18(14-12-15)20(16-7-3-1-4-8-16)17-9-5-2-6-10-17/h1-14,19,21-22H. The largest absolute Gasteiger partial charge is 0.364 e. The zero-order valence-electron chi connectivity index (χ0n) is 12.0. The van der Waals surface area contributed by atoms with Gasteiger partial charge in [-0.25, -0.2) is 0 Å². The second kappa shape index (κ2) is 6.43. The van der Waals surface area contributed by atoms with Gasteiger partial charge in [0, 0.05) is 22.6 Å². The van der Waals surface area contributed by atoms with Gasteiger partial charge in [-0.2, -0.15) is 0 Å². The van der Waals surface area contributed by atoms with Crippen molar-refractivity contribution in [2.24, 2.45) is 0 Å². The van der Waals surface area contributed by atoms with Crippen LogP contribution in [0.4, 0.5) is 17.1 Å². The maximum absolute atomic E-state index is 9.23. The molecule has 2 N–H and O–H groups in total. The van der Waals surface area contributed by atoms with Gasteiger partial charge in [-0.1, -0.05) is 48.5 Å². The molecule has 3 nitrogen and oxygen atoms in total. The van der Waals surface area contributed by atoms with Crippen molar-refractivity contribution in [2.45, 2.75) is 6.29 Å². The van der Waals surface area contributed by atoms with Crippen molar-refractivity contribution in [1.29, 1.82) is 0 Å². The topological polar surface area (TPSA) is 43.7 Å². The molecule has 0 aliphatic heterocycles. The van der Waals surface area contributed by atoms with Gasteiger partial charge in [0.05, 0.1) is 0 Å². The van der Waals surface area contributed by atoms with Crippen molar-refractivity contribution in [2.75, 3.05) is 4.90 Å². The molecule has 22 heavy (non-hydrogen) atoms. The second-order valence-electron chi connectivity index (χ2n) is 4.97. The van der Waals surface area contributed by atoms with Gasteiger partial charge in [0.25, 0.3) is 0 Å². The lowest BCUT2D eigenvalue weighted by atomic mass is 10.1. The van der Waals surface area contributed by atoms with E-state index in [1.807, 2.05) is 72.8 Å². The Morgan fingerprint density at radius 1 is 0.545 bits per heavy atom. The van der Waals surface area contributed by atoms with Crippen LogP contribution in [0.25, 0.3) is 0 Å². The summed E-state index contributed by atoms with van der Waals surface area (Å²) >= 11 is 0. The highest BCUT2D eigenvalue weighted by atomic mass is 16.5. The molecule has 0 spiro atoms. The van der Waals surface area contributed by atoms with E-state index in [4.69, 9.17) is 0 Å². The molecular formula is C19H17NO2. The summed E-state index contributed by atoms with van der Waals surface area (Å²) < 4.78 is 0. The number of rotatable bonds is 4. The molecule has 0 aromatic heterocycles. The molecule has 3 aromatic carbocycles. The van der Waals surface area contributed by atoms with Crippen LogP contribution >= 0.6 is 0 Å². The Balaban J connectivity index is 2.06. The van der Waals surface area contributed by atoms with Crippen molar-refractivity contribution < 1.29 is 10.2 Å². The molecule has 0 aliphatic carbocycles. The van der Waals surface area contributed by atoms with Crippen LogP contribution in [0.1, 0.15) is 11.9 Å². The molecule has 3 rings (SSSR count). The zero-order valence-corrected chi connectivity index (χ0v) is 12.0. The lowest BCUT2D eigenvalue weighted by Gasteiger charge is -2.25. The minimum Gasteiger partial charge on any atom is -0.364 e. The lowest BCUT2D eigenvalue weighted by molar-refractivity contribution is -0.0424. The second-order valence-corrected chi connectivity index (χ2v) is 4.97. The third-order valence-electron chi connectivity index (χ3n) is 3.48. The van der Waals surface area contributed by atoms with Crippen molar-refractivity contribution in [3.8, 4) is 0 Å². The first-order chi connectivity index (χ1) is 10.8. The van der Waals surface area contributed by atoms with Crippen LogP contribution in [0.3, 0.4) is 0 Å². The molecule has 0 unspecified atom stereocenters. The summed E-state index contributed by atoms with van der Waals surface area (Å²) in [5.41, 5.74) is 3.53. The fourth-order valence-corrected chi connectivity index (χ4v) is 2.40. The number of para-hydroxylation sites is 2. The summed E-state index contributed by atoms with van der Waals surface area (Å²) in [6, 6.07) is 27.3. The van der Waals surface area contributed by atoms with E-state index in [2.05, 4.69) is 4.90 Å². The predicted octanol–water partition coefficient (Wildman–Crippen LogP) is 4.14. The summed E-state index contributed by atoms with van der Waals surface area (Å²) in [6.07, 6.45) is -1.45. The van der Waals surface area contributed by atoms with Crippen LogP contribution in [-0.2, 0) is 0 Å². The average Bonchev–Trinajstić information content (AvgIpc) is 2.57. The molecule has 0 saturated heterocycles. The van der Waals surface area contributed by atoms with Crippen LogP contribution in [0.5, 0.6) is 0 Å². The quantitative estimate of drug-likeness (QED) is 0.710. The van der Waals surface area contributed by atoms with Gasteiger partial charge < -0.3 is 15.1 Å². The summed E-state index contributed by atoms with van der Waals surface area (Å²) in [6.45, 7) is 0. The van der Waals surface area contributed by atoms with Gasteiger partial charge in [0.1, 0.15) is 0 Å². The molecule has 0 saturated carbocycles. The zero-order chi connectivity index (χ0) is 15.4. The Bertz CT molecular complexity index is 670. The van der Waals surface area contributed by atoms with Gasteiger partial charge in [0.2, 0.25) is 0 Å². The summed E-state index contributed by atoms with van der Waals surface area (Å²) in [5, 5.41) is 18.5. The molecule has 0 bridgehead atoms. The Kier molecular flexibility index (Phi) is 4.19. The number of aliphatic hydroxyl groups is 2. The number of aliphatic hydroxyl groups excluding tert-OH is 1. The first-order valence-corrected chi connectivity index (χ1v) is 7.12. The van der Waals surface area contributed by atoms with Crippen LogP contribution in [0, 0.1) is 0 Å². The fraction of sp³-hybridized carbons (Fsp3) is 0.0526. The highest BCUT2D eigenvalue weighted by molar-refractivity contribution is 5.76. The Labute approximate surface area is 129 Å². The SMILES string of the molecule is OC(O)c1ccc(N(c2ccccc2)c2ccccc2)cc1. The molecule has 0 fully saturated rings. The molecule has 3 heteroatoms. The molecule has 0 heterocycles. The molecule has 0 amide bonds. The van der Waals surface area contributed by atoms with Crippen molar-refractivity contribution in [3.63, 3.8) is 0 Å². The molecule has 110 valence electrons. The van der Waals surface area contributed by atoms with E-state index in [-0.39, 0.29) is 0 Å². The molecule has 0 radical (unpaired) electrons. The average molecular weight is 291 g/mol. The van der Waals surface area contributed by atoms with Crippen LogP contribution < -0.4 is 4.90 Å². The molecule has 0 aliphatic rings. The first-order valence-electron chi connectivity index (χ1n) is 7.12. The van der Waals surface area contributed by atoms with E-state index < -0.39 is 6.29 Å². The van der Waals surface area contributed by atoms with E-state index in [1.165, 1.54) is 0 Å². The third kappa shape index (κ3) is 3.01. The monoisotopic (exact) mass is 291 g/mol. The normalized spacial score (nSPS) is 10.7. The lowest BCUT2D eigenvalue weighted by Crippen LogP contribution is -2.09. The maximum Gasteiger partial charge on any atom is 0.178 e. The number of benzene rings is 3. The van der Waals surface area contributed by atoms with Gasteiger partial charge >= 0.3 is 0 Å². The van der Waals surface area contributed by atoms with E-state index in [0.29, 0.717) is 5.56 Å². The number of hydrogen-bond donors (Lipinski definition) is 2. The van der Waals surface area contributed by atoms with Gasteiger partial charge in [-0.05, 0) is 36.4 Å². The first kappa shape index (κ1) is 14.3. The summed E-state index contributed by atoms with van der Waals surface area (Å²) in [7, 11) is 0. The van der Waals surface area contributed by atoms with Crippen LogP contribution in [0.2, 0.25) is 0 Å². The summed E-state index contributed by atoms with van der Waals surface area (Å²) in [5.74, 6) is 0. The smallest absolute Gasteiger partial charge is 0.178 e. The fourth-order valence-electron chi connectivity index (χ4n) is 2.40. The number of hydrogen-bond acceptors (Lipinski definition) is 3. The van der Waals surface area contributed by atoms with Gasteiger partial charge in [0.15, 0.2) is 6.29 Å². The van der Waals surface area contributed by atoms with Crippen LogP contribution in [0.15, 0.2) is 84.9 Å². The third-order valence-corrected chi connectivity index (χ3v) is 3.48. The van der Waals surface area contributed by atoms with Gasteiger partial charge in [-0.15, -0.1) is 0 Å². The van der Waals surface area contributed by atoms with Crippen molar-refractivity contribution in [1.82, 2.24) is 0 Å². The predicted molar refractivity (Wildman–Crippen MR) is 88.3 cm³/mol. The van der Waals surface area contributed by atoms with E-state index >= 15 is 0 Å². The minimum atomic E-state index is -1.45.